The van der Waals surface area contributed by atoms with Crippen LogP contribution in [0.5, 0.6) is 0 Å². The molecule has 2 N–H and O–H groups in total. The summed E-state index contributed by atoms with van der Waals surface area (Å²) >= 11 is 1.99. The minimum Gasteiger partial charge on any atom is -0.328 e. The smallest absolute Gasteiger partial charge is 0.00454 e. The van der Waals surface area contributed by atoms with Crippen molar-refractivity contribution in [2.24, 2.45) is 5.73 Å². The van der Waals surface area contributed by atoms with E-state index in [4.69, 9.17) is 5.73 Å². The lowest BCUT2D eigenvalue weighted by atomic mass is 9.96. The van der Waals surface area contributed by atoms with Gasteiger partial charge in [-0.05, 0) is 31.9 Å². The molecule has 0 aromatic heterocycles. The van der Waals surface area contributed by atoms with E-state index in [-0.39, 0.29) is 0 Å². The predicted molar refractivity (Wildman–Crippen MR) is 43.7 cm³/mol. The Bertz CT molecular complexity index is 77.0. The maximum absolute atomic E-state index is 5.74. The van der Waals surface area contributed by atoms with E-state index in [9.17, 15) is 0 Å². The summed E-state index contributed by atoms with van der Waals surface area (Å²) in [5.41, 5.74) is 5.74. The van der Waals surface area contributed by atoms with Crippen LogP contribution in [-0.2, 0) is 0 Å². The molecule has 1 fully saturated rings. The summed E-state index contributed by atoms with van der Waals surface area (Å²) in [6, 6.07) is 0.508. The third-order valence-corrected chi connectivity index (χ3v) is 3.19. The number of nitrogens with two attached hydrogens (primary N) is 1. The van der Waals surface area contributed by atoms with Gasteiger partial charge in [0.25, 0.3) is 0 Å². The molecule has 2 heteroatoms. The van der Waals surface area contributed by atoms with E-state index in [0.29, 0.717) is 6.04 Å². The second-order valence-corrected chi connectivity index (χ2v) is 3.91. The molecule has 0 aliphatic heterocycles. The van der Waals surface area contributed by atoms with Crippen molar-refractivity contribution >= 4 is 11.8 Å². The quantitative estimate of drug-likeness (QED) is 0.607. The van der Waals surface area contributed by atoms with E-state index in [1.807, 2.05) is 11.8 Å². The van der Waals surface area contributed by atoms with Crippen molar-refractivity contribution in [2.75, 3.05) is 6.26 Å². The van der Waals surface area contributed by atoms with Gasteiger partial charge in [-0.1, -0.05) is 0 Å². The predicted octanol–water partition coefficient (Wildman–Crippen LogP) is 1.62. The lowest BCUT2D eigenvalue weighted by molar-refractivity contribution is 0.451. The molecule has 1 aliphatic carbocycles. The van der Waals surface area contributed by atoms with Crippen molar-refractivity contribution in [3.63, 3.8) is 0 Å². The molecule has 0 heterocycles. The molecule has 1 nitrogen and oxygen atoms in total. The molecule has 54 valence electrons. The van der Waals surface area contributed by atoms with Crippen LogP contribution in [0.2, 0.25) is 0 Å². The van der Waals surface area contributed by atoms with Crippen molar-refractivity contribution in [1.29, 1.82) is 0 Å². The third-order valence-electron chi connectivity index (χ3n) is 2.05. The fourth-order valence-corrected chi connectivity index (χ4v) is 2.07. The van der Waals surface area contributed by atoms with Crippen LogP contribution in [-0.4, -0.2) is 17.5 Å². The maximum atomic E-state index is 5.74. The van der Waals surface area contributed by atoms with Crippen LogP contribution in [0.1, 0.15) is 25.7 Å². The number of hydrogen-bond donors (Lipinski definition) is 1. The lowest BCUT2D eigenvalue weighted by Gasteiger charge is -2.24. The Morgan fingerprint density at radius 3 is 2.22 bits per heavy atom. The molecule has 9 heavy (non-hydrogen) atoms. The highest BCUT2D eigenvalue weighted by Crippen LogP contribution is 2.25. The minimum atomic E-state index is 0.508. The monoisotopic (exact) mass is 145 g/mol. The second kappa shape index (κ2) is 3.47. The summed E-state index contributed by atoms with van der Waals surface area (Å²) in [7, 11) is 0. The molecular formula is C7H15NS. The third kappa shape index (κ3) is 2.18. The Morgan fingerprint density at radius 2 is 1.78 bits per heavy atom. The van der Waals surface area contributed by atoms with Crippen molar-refractivity contribution < 1.29 is 0 Å². The lowest BCUT2D eigenvalue weighted by Crippen LogP contribution is -2.27. The Hall–Kier alpha value is 0.310. The fourth-order valence-electron chi connectivity index (χ4n) is 1.32. The fraction of sp³-hybridized carbons (Fsp3) is 1.00. The first-order valence-electron chi connectivity index (χ1n) is 3.61. The maximum Gasteiger partial charge on any atom is 0.00454 e. The SMILES string of the molecule is CSC1CCC(N)CC1. The molecule has 0 aromatic rings. The van der Waals surface area contributed by atoms with Gasteiger partial charge in [0, 0.05) is 11.3 Å². The van der Waals surface area contributed by atoms with Gasteiger partial charge in [-0.25, -0.2) is 0 Å². The van der Waals surface area contributed by atoms with E-state index in [0.717, 1.165) is 5.25 Å². The standard InChI is InChI=1S/C7H15NS/c1-9-7-4-2-6(8)3-5-7/h6-7H,2-5,8H2,1H3. The topological polar surface area (TPSA) is 26.0 Å². The molecule has 1 saturated carbocycles. The average molecular weight is 145 g/mol. The van der Waals surface area contributed by atoms with Gasteiger partial charge in [0.05, 0.1) is 0 Å². The van der Waals surface area contributed by atoms with Gasteiger partial charge in [0.2, 0.25) is 0 Å². The first-order valence-corrected chi connectivity index (χ1v) is 4.90. The summed E-state index contributed by atoms with van der Waals surface area (Å²) in [5.74, 6) is 0. The van der Waals surface area contributed by atoms with Gasteiger partial charge in [-0.3, -0.25) is 0 Å². The molecule has 1 aliphatic rings. The van der Waals surface area contributed by atoms with Gasteiger partial charge in [0.1, 0.15) is 0 Å². The molecule has 0 amide bonds. The Morgan fingerprint density at radius 1 is 1.22 bits per heavy atom. The molecule has 0 saturated heterocycles. The molecule has 0 radical (unpaired) electrons. The Kier molecular flexibility index (Phi) is 2.86. The van der Waals surface area contributed by atoms with Crippen molar-refractivity contribution in [1.82, 2.24) is 0 Å². The Labute approximate surface area is 61.4 Å². The molecular weight excluding hydrogens is 130 g/mol. The van der Waals surface area contributed by atoms with E-state index in [1.165, 1.54) is 25.7 Å². The Balaban J connectivity index is 2.18. The van der Waals surface area contributed by atoms with Gasteiger partial charge >= 0.3 is 0 Å². The zero-order valence-corrected chi connectivity index (χ0v) is 6.79. The highest BCUT2D eigenvalue weighted by atomic mass is 32.2. The first kappa shape index (κ1) is 7.42. The van der Waals surface area contributed by atoms with Crippen molar-refractivity contribution in [3.8, 4) is 0 Å². The molecule has 0 unspecified atom stereocenters. The molecule has 0 bridgehead atoms. The summed E-state index contributed by atoms with van der Waals surface area (Å²) in [6.45, 7) is 0. The highest BCUT2D eigenvalue weighted by Gasteiger charge is 2.16. The van der Waals surface area contributed by atoms with Crippen LogP contribution in [0.15, 0.2) is 0 Å². The molecule has 0 spiro atoms. The van der Waals surface area contributed by atoms with E-state index >= 15 is 0 Å². The largest absolute Gasteiger partial charge is 0.328 e. The van der Waals surface area contributed by atoms with Gasteiger partial charge in [0.15, 0.2) is 0 Å². The summed E-state index contributed by atoms with van der Waals surface area (Å²) in [6.07, 6.45) is 7.35. The van der Waals surface area contributed by atoms with Crippen LogP contribution in [0.3, 0.4) is 0 Å². The number of thioether (sulfide) groups is 1. The first-order chi connectivity index (χ1) is 4.33. The average Bonchev–Trinajstić information content (AvgIpc) is 1.90. The van der Waals surface area contributed by atoms with Crippen LogP contribution in [0.4, 0.5) is 0 Å². The minimum absolute atomic E-state index is 0.508. The summed E-state index contributed by atoms with van der Waals surface area (Å²) < 4.78 is 0. The van der Waals surface area contributed by atoms with E-state index in [1.54, 1.807) is 0 Å². The molecule has 1 rings (SSSR count). The van der Waals surface area contributed by atoms with E-state index < -0.39 is 0 Å². The zero-order valence-electron chi connectivity index (χ0n) is 5.97. The normalized spacial score (nSPS) is 36.7. The van der Waals surface area contributed by atoms with Gasteiger partial charge in [-0.2, -0.15) is 11.8 Å². The molecule has 0 atom stereocenters. The van der Waals surface area contributed by atoms with Crippen LogP contribution in [0.25, 0.3) is 0 Å². The van der Waals surface area contributed by atoms with Crippen molar-refractivity contribution in [2.45, 2.75) is 37.0 Å². The number of rotatable bonds is 1. The van der Waals surface area contributed by atoms with Crippen molar-refractivity contribution in [3.05, 3.63) is 0 Å². The highest BCUT2D eigenvalue weighted by molar-refractivity contribution is 7.99. The van der Waals surface area contributed by atoms with Crippen LogP contribution < -0.4 is 5.73 Å². The molecule has 0 aromatic carbocycles. The summed E-state index contributed by atoms with van der Waals surface area (Å²) in [5, 5.41) is 0.907. The van der Waals surface area contributed by atoms with Crippen LogP contribution >= 0.6 is 11.8 Å². The van der Waals surface area contributed by atoms with Crippen LogP contribution in [0, 0.1) is 0 Å². The second-order valence-electron chi connectivity index (χ2n) is 2.77. The van der Waals surface area contributed by atoms with E-state index in [2.05, 4.69) is 6.26 Å². The zero-order chi connectivity index (χ0) is 6.69. The summed E-state index contributed by atoms with van der Waals surface area (Å²) in [4.78, 5) is 0. The van der Waals surface area contributed by atoms with Gasteiger partial charge < -0.3 is 5.73 Å². The number of hydrogen-bond acceptors (Lipinski definition) is 2. The van der Waals surface area contributed by atoms with Gasteiger partial charge in [-0.15, -0.1) is 0 Å².